The van der Waals surface area contributed by atoms with Gasteiger partial charge in [0.1, 0.15) is 17.2 Å². The summed E-state index contributed by atoms with van der Waals surface area (Å²) in [5.41, 5.74) is 4.19. The molecular formula is C12H15F2NO2. The Labute approximate surface area is 98.6 Å². The average Bonchev–Trinajstić information content (AvgIpc) is 2.11. The third-order valence-corrected chi connectivity index (χ3v) is 1.92. The monoisotopic (exact) mass is 243 g/mol. The summed E-state index contributed by atoms with van der Waals surface area (Å²) in [6, 6.07) is 1.77. The molecule has 0 aliphatic rings. The molecule has 17 heavy (non-hydrogen) atoms. The number of carbonyl (C=O) groups excluding carboxylic acids is 1. The van der Waals surface area contributed by atoms with Gasteiger partial charge in [0.25, 0.3) is 0 Å². The van der Waals surface area contributed by atoms with E-state index < -0.39 is 23.2 Å². The van der Waals surface area contributed by atoms with E-state index in [4.69, 9.17) is 10.5 Å². The normalized spacial score (nSPS) is 11.4. The minimum Gasteiger partial charge on any atom is -0.460 e. The Kier molecular flexibility index (Phi) is 3.70. The number of rotatable bonds is 2. The number of hydrogen-bond acceptors (Lipinski definition) is 3. The molecule has 0 aliphatic heterocycles. The molecule has 0 atom stereocenters. The van der Waals surface area contributed by atoms with Crippen LogP contribution in [0, 0.1) is 11.6 Å². The van der Waals surface area contributed by atoms with Crippen LogP contribution < -0.4 is 5.73 Å². The van der Waals surface area contributed by atoms with Crippen molar-refractivity contribution in [3.05, 3.63) is 29.3 Å². The van der Waals surface area contributed by atoms with Gasteiger partial charge in [-0.1, -0.05) is 0 Å². The molecule has 0 saturated heterocycles. The molecule has 0 fully saturated rings. The molecule has 1 aromatic carbocycles. The summed E-state index contributed by atoms with van der Waals surface area (Å²) in [5, 5.41) is 0. The van der Waals surface area contributed by atoms with E-state index in [0.717, 1.165) is 12.1 Å². The molecule has 2 N–H and O–H groups in total. The average molecular weight is 243 g/mol. The van der Waals surface area contributed by atoms with Crippen molar-refractivity contribution < 1.29 is 18.3 Å². The van der Waals surface area contributed by atoms with Crippen LogP contribution in [-0.2, 0) is 16.0 Å². The molecule has 94 valence electrons. The minimum absolute atomic E-state index is 0.0639. The van der Waals surface area contributed by atoms with Gasteiger partial charge in [-0.25, -0.2) is 8.78 Å². The highest BCUT2D eigenvalue weighted by molar-refractivity contribution is 5.73. The summed E-state index contributed by atoms with van der Waals surface area (Å²) in [5.74, 6) is -2.07. The molecule has 3 nitrogen and oxygen atoms in total. The molecule has 1 rings (SSSR count). The van der Waals surface area contributed by atoms with E-state index in [2.05, 4.69) is 0 Å². The van der Waals surface area contributed by atoms with Gasteiger partial charge in [0, 0.05) is 11.6 Å². The molecule has 0 bridgehead atoms. The van der Waals surface area contributed by atoms with Gasteiger partial charge in [-0.3, -0.25) is 4.79 Å². The van der Waals surface area contributed by atoms with Crippen LogP contribution >= 0.6 is 0 Å². The van der Waals surface area contributed by atoms with Crippen LogP contribution in [0.15, 0.2) is 12.1 Å². The van der Waals surface area contributed by atoms with E-state index in [9.17, 15) is 13.6 Å². The predicted octanol–water partition coefficient (Wildman–Crippen LogP) is 2.43. The van der Waals surface area contributed by atoms with Gasteiger partial charge in [-0.05, 0) is 26.8 Å². The van der Waals surface area contributed by atoms with E-state index >= 15 is 0 Å². The lowest BCUT2D eigenvalue weighted by Crippen LogP contribution is -2.25. The third kappa shape index (κ3) is 4.01. The van der Waals surface area contributed by atoms with Crippen molar-refractivity contribution in [2.75, 3.05) is 5.73 Å². The largest absolute Gasteiger partial charge is 0.460 e. The van der Waals surface area contributed by atoms with Crippen molar-refractivity contribution in [2.45, 2.75) is 32.8 Å². The number of nitrogen functional groups attached to an aromatic ring is 1. The summed E-state index contributed by atoms with van der Waals surface area (Å²) in [4.78, 5) is 11.4. The van der Waals surface area contributed by atoms with Crippen molar-refractivity contribution in [3.63, 3.8) is 0 Å². The molecule has 0 amide bonds. The first-order valence-corrected chi connectivity index (χ1v) is 5.14. The number of esters is 1. The van der Waals surface area contributed by atoms with Crippen LogP contribution in [0.2, 0.25) is 0 Å². The highest BCUT2D eigenvalue weighted by Crippen LogP contribution is 2.18. The van der Waals surface area contributed by atoms with Crippen molar-refractivity contribution in [1.29, 1.82) is 0 Å². The molecule has 0 radical (unpaired) electrons. The Hall–Kier alpha value is -1.65. The van der Waals surface area contributed by atoms with Crippen molar-refractivity contribution in [2.24, 2.45) is 0 Å². The molecule has 0 saturated carbocycles. The van der Waals surface area contributed by atoms with Gasteiger partial charge in [-0.2, -0.15) is 0 Å². The van der Waals surface area contributed by atoms with Crippen molar-refractivity contribution >= 4 is 11.7 Å². The Morgan fingerprint density at radius 1 is 1.29 bits per heavy atom. The van der Waals surface area contributed by atoms with Gasteiger partial charge < -0.3 is 10.5 Å². The first kappa shape index (κ1) is 13.4. The maximum Gasteiger partial charge on any atom is 0.310 e. The van der Waals surface area contributed by atoms with E-state index in [1.807, 2.05) is 0 Å². The van der Waals surface area contributed by atoms with Crippen LogP contribution in [0.25, 0.3) is 0 Å². The quantitative estimate of drug-likeness (QED) is 0.641. The van der Waals surface area contributed by atoms with E-state index in [-0.39, 0.29) is 17.7 Å². The summed E-state index contributed by atoms with van der Waals surface area (Å²) < 4.78 is 31.5. The second kappa shape index (κ2) is 4.69. The molecule has 5 heteroatoms. The zero-order chi connectivity index (χ0) is 13.2. The number of hydrogen-bond donors (Lipinski definition) is 1. The lowest BCUT2D eigenvalue weighted by molar-refractivity contribution is -0.153. The summed E-state index contributed by atoms with van der Waals surface area (Å²) in [7, 11) is 0. The summed E-state index contributed by atoms with van der Waals surface area (Å²) in [6.45, 7) is 5.10. The van der Waals surface area contributed by atoms with E-state index in [0.29, 0.717) is 0 Å². The van der Waals surface area contributed by atoms with Crippen LogP contribution in [0.4, 0.5) is 14.5 Å². The van der Waals surface area contributed by atoms with Crippen LogP contribution in [0.3, 0.4) is 0 Å². The SMILES string of the molecule is CC(C)(C)OC(=O)Cc1cc(F)c(N)cc1F. The Balaban J connectivity index is 2.82. The van der Waals surface area contributed by atoms with Crippen LogP contribution in [0.1, 0.15) is 26.3 Å². The van der Waals surface area contributed by atoms with Gasteiger partial charge in [-0.15, -0.1) is 0 Å². The fraction of sp³-hybridized carbons (Fsp3) is 0.417. The van der Waals surface area contributed by atoms with Gasteiger partial charge in [0.05, 0.1) is 12.1 Å². The fourth-order valence-corrected chi connectivity index (χ4v) is 1.27. The molecule has 1 aromatic rings. The van der Waals surface area contributed by atoms with Gasteiger partial charge in [0.2, 0.25) is 0 Å². The van der Waals surface area contributed by atoms with Crippen LogP contribution in [-0.4, -0.2) is 11.6 Å². The van der Waals surface area contributed by atoms with Crippen molar-refractivity contribution in [1.82, 2.24) is 0 Å². The fourth-order valence-electron chi connectivity index (χ4n) is 1.27. The van der Waals surface area contributed by atoms with Crippen molar-refractivity contribution in [3.8, 4) is 0 Å². The van der Waals surface area contributed by atoms with Gasteiger partial charge in [0.15, 0.2) is 0 Å². The lowest BCUT2D eigenvalue weighted by atomic mass is 10.1. The summed E-state index contributed by atoms with van der Waals surface area (Å²) >= 11 is 0. The molecule has 0 aromatic heterocycles. The Morgan fingerprint density at radius 2 is 1.88 bits per heavy atom. The topological polar surface area (TPSA) is 52.3 Å². The number of carbonyl (C=O) groups is 1. The highest BCUT2D eigenvalue weighted by Gasteiger charge is 2.18. The molecule has 0 aliphatic carbocycles. The minimum atomic E-state index is -0.745. The first-order valence-electron chi connectivity index (χ1n) is 5.14. The van der Waals surface area contributed by atoms with E-state index in [1.54, 1.807) is 20.8 Å². The second-order valence-corrected chi connectivity index (χ2v) is 4.73. The third-order valence-electron chi connectivity index (χ3n) is 1.92. The second-order valence-electron chi connectivity index (χ2n) is 4.73. The maximum atomic E-state index is 13.4. The molecule has 0 unspecified atom stereocenters. The number of ether oxygens (including phenoxy) is 1. The highest BCUT2D eigenvalue weighted by atomic mass is 19.1. The molecule has 0 spiro atoms. The number of benzene rings is 1. The number of anilines is 1. The zero-order valence-electron chi connectivity index (χ0n) is 10.0. The lowest BCUT2D eigenvalue weighted by Gasteiger charge is -2.19. The maximum absolute atomic E-state index is 13.4. The summed E-state index contributed by atoms with van der Waals surface area (Å²) in [6.07, 6.45) is -0.319. The van der Waals surface area contributed by atoms with Gasteiger partial charge >= 0.3 is 5.97 Å². The molecular weight excluding hydrogens is 228 g/mol. The standard InChI is InChI=1S/C12H15F2NO2/c1-12(2,3)17-11(16)5-7-4-9(14)10(15)6-8(7)13/h4,6H,5,15H2,1-3H3. The predicted molar refractivity (Wildman–Crippen MR) is 60.3 cm³/mol. The smallest absolute Gasteiger partial charge is 0.310 e. The number of nitrogens with two attached hydrogens (primary N) is 1. The number of halogens is 2. The Morgan fingerprint density at radius 3 is 2.41 bits per heavy atom. The van der Waals surface area contributed by atoms with E-state index in [1.165, 1.54) is 0 Å². The zero-order valence-corrected chi connectivity index (χ0v) is 10.0. The Bertz CT molecular complexity index is 439. The first-order chi connectivity index (χ1) is 7.69. The van der Waals surface area contributed by atoms with Crippen LogP contribution in [0.5, 0.6) is 0 Å². The molecule has 0 heterocycles.